The molecule has 3 saturated heterocycles. The minimum Gasteiger partial charge on any atom is -0.311 e. The normalized spacial score (nSPS) is 37.5. The van der Waals surface area contributed by atoms with Gasteiger partial charge in [0.2, 0.25) is 0 Å². The molecule has 3 heteroatoms. The van der Waals surface area contributed by atoms with E-state index in [4.69, 9.17) is 0 Å². The topological polar surface area (TPSA) is 36.1 Å². The molecule has 3 fully saturated rings. The van der Waals surface area contributed by atoms with Crippen LogP contribution in [0.25, 0.3) is 0 Å². The van der Waals surface area contributed by atoms with E-state index < -0.39 is 0 Å². The summed E-state index contributed by atoms with van der Waals surface area (Å²) in [5, 5.41) is 12.3. The van der Waals surface area contributed by atoms with E-state index in [9.17, 15) is 0 Å². The number of hydrogen-bond acceptors (Lipinski definition) is 3. The molecule has 6 unspecified atom stereocenters. The van der Waals surface area contributed by atoms with Crippen molar-refractivity contribution in [1.82, 2.24) is 16.0 Å². The van der Waals surface area contributed by atoms with Crippen molar-refractivity contribution < 1.29 is 0 Å². The number of hydrogen-bond donors (Lipinski definition) is 3. The Morgan fingerprint density at radius 1 is 0.410 bits per heavy atom. The van der Waals surface area contributed by atoms with Crippen molar-refractivity contribution in [2.45, 2.75) is 171 Å². The van der Waals surface area contributed by atoms with Gasteiger partial charge in [-0.1, -0.05) is 89.5 Å². The van der Waals surface area contributed by atoms with Gasteiger partial charge in [0, 0.05) is 36.3 Å². The third-order valence-electron chi connectivity index (χ3n) is 11.6. The van der Waals surface area contributed by atoms with E-state index >= 15 is 0 Å². The summed E-state index contributed by atoms with van der Waals surface area (Å²) in [6.45, 7) is 29.3. The van der Waals surface area contributed by atoms with Crippen LogP contribution in [0.15, 0.2) is 0 Å². The summed E-state index contributed by atoms with van der Waals surface area (Å²) in [4.78, 5) is 0. The third kappa shape index (κ3) is 9.18. The van der Waals surface area contributed by atoms with E-state index in [-0.39, 0.29) is 0 Å². The summed E-state index contributed by atoms with van der Waals surface area (Å²) in [7, 11) is 0. The molecule has 3 heterocycles. The van der Waals surface area contributed by atoms with Crippen LogP contribution in [0.3, 0.4) is 0 Å². The first-order valence-corrected chi connectivity index (χ1v) is 17.5. The number of nitrogens with one attached hydrogen (secondary N) is 3. The first-order valence-electron chi connectivity index (χ1n) is 17.5. The SMILES string of the molecule is CC(C)C1CC(CCC(C2CC(C(C)C)NC(C(C)C)C2)C2CC(C(C)C)NC(C(C)C)C2)CC(C(C)C)N1. The van der Waals surface area contributed by atoms with Crippen LogP contribution in [0.1, 0.15) is 134 Å². The van der Waals surface area contributed by atoms with E-state index in [1.807, 2.05) is 0 Å². The highest BCUT2D eigenvalue weighted by molar-refractivity contribution is 4.97. The molecule has 6 atom stereocenters. The molecular formula is C36H71N3. The lowest BCUT2D eigenvalue weighted by molar-refractivity contribution is 0.0501. The highest BCUT2D eigenvalue weighted by Gasteiger charge is 2.42. The molecule has 3 rings (SSSR count). The molecular weight excluding hydrogens is 474 g/mol. The summed E-state index contributed by atoms with van der Waals surface area (Å²) in [5.41, 5.74) is 0. The zero-order valence-electron chi connectivity index (χ0n) is 28.4. The molecule has 0 aromatic rings. The van der Waals surface area contributed by atoms with Gasteiger partial charge in [-0.05, 0) is 104 Å². The smallest absolute Gasteiger partial charge is 0.00955 e. The average Bonchev–Trinajstić information content (AvgIpc) is 2.88. The van der Waals surface area contributed by atoms with Gasteiger partial charge in [0.25, 0.3) is 0 Å². The summed E-state index contributed by atoms with van der Waals surface area (Å²) < 4.78 is 0. The van der Waals surface area contributed by atoms with Crippen LogP contribution >= 0.6 is 0 Å². The van der Waals surface area contributed by atoms with E-state index in [1.165, 1.54) is 51.4 Å². The lowest BCUT2D eigenvalue weighted by atomic mass is 9.64. The van der Waals surface area contributed by atoms with Gasteiger partial charge in [-0.15, -0.1) is 0 Å². The molecule has 0 aliphatic carbocycles. The standard InChI is InChI=1S/C36H71N3/c1-21(2)31-15-27(16-32(37-31)22(3)4)13-14-30(28-17-33(23(5)6)38-34(18-28)24(7)8)29-19-35(25(9)10)39-36(20-29)26(11)12/h21-39H,13-20H2,1-12H3. The van der Waals surface area contributed by atoms with Gasteiger partial charge in [-0.3, -0.25) is 0 Å². The maximum absolute atomic E-state index is 4.12. The molecule has 0 aromatic heterocycles. The first kappa shape index (κ1) is 33.4. The fourth-order valence-electron chi connectivity index (χ4n) is 8.55. The fraction of sp³-hybridized carbons (Fsp3) is 1.00. The summed E-state index contributed by atoms with van der Waals surface area (Å²) in [6, 6.07) is 4.10. The van der Waals surface area contributed by atoms with Gasteiger partial charge in [-0.25, -0.2) is 0 Å². The minimum absolute atomic E-state index is 0.677. The molecule has 0 radical (unpaired) electrons. The van der Waals surface area contributed by atoms with Gasteiger partial charge in [0.1, 0.15) is 0 Å². The van der Waals surface area contributed by atoms with Gasteiger partial charge >= 0.3 is 0 Å². The van der Waals surface area contributed by atoms with Crippen LogP contribution in [0.5, 0.6) is 0 Å². The highest BCUT2D eigenvalue weighted by atomic mass is 15.0. The molecule has 0 amide bonds. The van der Waals surface area contributed by atoms with E-state index in [0.29, 0.717) is 36.3 Å². The summed E-state index contributed by atoms with van der Waals surface area (Å²) in [6.07, 6.45) is 11.3. The molecule has 0 saturated carbocycles. The number of piperidine rings is 3. The Hall–Kier alpha value is -0.120. The quantitative estimate of drug-likeness (QED) is 0.243. The third-order valence-corrected chi connectivity index (χ3v) is 11.6. The lowest BCUT2D eigenvalue weighted by Crippen LogP contribution is -2.55. The average molecular weight is 546 g/mol. The van der Waals surface area contributed by atoms with Crippen molar-refractivity contribution in [1.29, 1.82) is 0 Å². The fourth-order valence-corrected chi connectivity index (χ4v) is 8.55. The molecule has 3 nitrogen and oxygen atoms in total. The molecule has 0 bridgehead atoms. The molecule has 3 aliphatic heterocycles. The predicted octanol–water partition coefficient (Wildman–Crippen LogP) is 8.53. The van der Waals surface area contributed by atoms with E-state index in [1.54, 1.807) is 0 Å². The minimum atomic E-state index is 0.677. The summed E-state index contributed by atoms with van der Waals surface area (Å²) >= 11 is 0. The molecule has 39 heavy (non-hydrogen) atoms. The van der Waals surface area contributed by atoms with Crippen LogP contribution in [0.4, 0.5) is 0 Å². The second-order valence-electron chi connectivity index (χ2n) is 16.6. The Bertz CT molecular complexity index is 611. The van der Waals surface area contributed by atoms with Crippen molar-refractivity contribution in [3.05, 3.63) is 0 Å². The van der Waals surface area contributed by atoms with Gasteiger partial charge in [0.05, 0.1) is 0 Å². The zero-order chi connectivity index (χ0) is 29.0. The maximum Gasteiger partial charge on any atom is 0.00955 e. The van der Waals surface area contributed by atoms with Gasteiger partial charge in [-0.2, -0.15) is 0 Å². The molecule has 3 N–H and O–H groups in total. The largest absolute Gasteiger partial charge is 0.311 e. The van der Waals surface area contributed by atoms with E-state index in [2.05, 4.69) is 99.0 Å². The molecule has 3 aliphatic rings. The molecule has 0 aromatic carbocycles. The molecule has 230 valence electrons. The Balaban J connectivity index is 1.86. The van der Waals surface area contributed by atoms with Crippen LogP contribution in [-0.2, 0) is 0 Å². The second-order valence-corrected chi connectivity index (χ2v) is 16.6. The Kier molecular flexibility index (Phi) is 12.7. The highest BCUT2D eigenvalue weighted by Crippen LogP contribution is 2.45. The van der Waals surface area contributed by atoms with Crippen molar-refractivity contribution in [3.8, 4) is 0 Å². The number of rotatable bonds is 11. The van der Waals surface area contributed by atoms with Crippen LogP contribution < -0.4 is 16.0 Å². The van der Waals surface area contributed by atoms with E-state index in [0.717, 1.165) is 59.2 Å². The van der Waals surface area contributed by atoms with Gasteiger partial charge in [0.15, 0.2) is 0 Å². The Labute approximate surface area is 245 Å². The maximum atomic E-state index is 4.12. The van der Waals surface area contributed by atoms with Crippen molar-refractivity contribution in [2.75, 3.05) is 0 Å². The van der Waals surface area contributed by atoms with Crippen LogP contribution in [0, 0.1) is 59.2 Å². The first-order chi connectivity index (χ1) is 18.3. The van der Waals surface area contributed by atoms with Crippen LogP contribution in [0.2, 0.25) is 0 Å². The Morgan fingerprint density at radius 2 is 0.667 bits per heavy atom. The van der Waals surface area contributed by atoms with Crippen molar-refractivity contribution in [2.24, 2.45) is 59.2 Å². The summed E-state index contributed by atoms with van der Waals surface area (Å²) in [5.74, 6) is 7.86. The zero-order valence-corrected chi connectivity index (χ0v) is 28.4. The monoisotopic (exact) mass is 546 g/mol. The van der Waals surface area contributed by atoms with Crippen molar-refractivity contribution in [3.63, 3.8) is 0 Å². The Morgan fingerprint density at radius 3 is 0.923 bits per heavy atom. The van der Waals surface area contributed by atoms with Crippen molar-refractivity contribution >= 4 is 0 Å². The lowest BCUT2D eigenvalue weighted by Gasteiger charge is -2.49. The predicted molar refractivity (Wildman–Crippen MR) is 172 cm³/mol. The van der Waals surface area contributed by atoms with Crippen LogP contribution in [-0.4, -0.2) is 36.3 Å². The molecule has 0 spiro atoms. The second kappa shape index (κ2) is 14.9. The van der Waals surface area contributed by atoms with Gasteiger partial charge < -0.3 is 16.0 Å².